The van der Waals surface area contributed by atoms with Gasteiger partial charge in [0.25, 0.3) is 0 Å². The van der Waals surface area contributed by atoms with Gasteiger partial charge in [-0.05, 0) is 56.7 Å². The largest absolute Gasteiger partial charge is 0.487 e. The summed E-state index contributed by atoms with van der Waals surface area (Å²) in [6, 6.07) is 3.97. The van der Waals surface area contributed by atoms with Crippen LogP contribution in [0.4, 0.5) is 0 Å². The number of carbonyl (C=O) groups is 1. The van der Waals surface area contributed by atoms with Gasteiger partial charge in [-0.25, -0.2) is 4.98 Å². The van der Waals surface area contributed by atoms with Crippen LogP contribution < -0.4 is 9.47 Å². The molecule has 7 heteroatoms. The average molecular weight is 399 g/mol. The normalized spacial score (nSPS) is 14.3. The first-order chi connectivity index (χ1) is 14.1. The number of allylic oxidation sites excluding steroid dienone is 1. The molecular formula is C22H29N3O4. The highest BCUT2D eigenvalue weighted by Gasteiger charge is 2.19. The Morgan fingerprint density at radius 1 is 1.21 bits per heavy atom. The van der Waals surface area contributed by atoms with Crippen molar-refractivity contribution in [2.45, 2.75) is 45.6 Å². The molecule has 0 spiro atoms. The summed E-state index contributed by atoms with van der Waals surface area (Å²) in [6.07, 6.45) is 8.48. The SMILES string of the molecule is COCCOc1cc(C=O)c(OCC2=C(c3ccnn3C(C)C)CCCC2)cn1. The topological polar surface area (TPSA) is 75.5 Å². The van der Waals surface area contributed by atoms with Gasteiger partial charge in [-0.15, -0.1) is 0 Å². The lowest BCUT2D eigenvalue weighted by molar-refractivity contribution is 0.111. The summed E-state index contributed by atoms with van der Waals surface area (Å²) in [5.74, 6) is 0.851. The molecule has 0 atom stereocenters. The van der Waals surface area contributed by atoms with Gasteiger partial charge in [0.2, 0.25) is 5.88 Å². The van der Waals surface area contributed by atoms with E-state index in [1.807, 2.05) is 6.20 Å². The second kappa shape index (κ2) is 10.2. The maximum atomic E-state index is 11.5. The highest BCUT2D eigenvalue weighted by Crippen LogP contribution is 2.34. The molecule has 0 radical (unpaired) electrons. The highest BCUT2D eigenvalue weighted by molar-refractivity contribution is 5.79. The van der Waals surface area contributed by atoms with E-state index in [0.717, 1.165) is 37.7 Å². The Labute approximate surface area is 171 Å². The third-order valence-corrected chi connectivity index (χ3v) is 4.99. The van der Waals surface area contributed by atoms with Gasteiger partial charge in [-0.3, -0.25) is 9.48 Å². The van der Waals surface area contributed by atoms with Crippen LogP contribution in [-0.2, 0) is 4.74 Å². The van der Waals surface area contributed by atoms with Crippen LogP contribution in [0.2, 0.25) is 0 Å². The molecule has 0 fully saturated rings. The summed E-state index contributed by atoms with van der Waals surface area (Å²) in [7, 11) is 1.60. The first-order valence-corrected chi connectivity index (χ1v) is 10.1. The van der Waals surface area contributed by atoms with Crippen LogP contribution in [0.3, 0.4) is 0 Å². The summed E-state index contributed by atoms with van der Waals surface area (Å²) >= 11 is 0. The number of methoxy groups -OCH3 is 1. The van der Waals surface area contributed by atoms with Crippen LogP contribution in [0, 0.1) is 0 Å². The molecule has 0 amide bonds. The Kier molecular flexibility index (Phi) is 7.41. The molecule has 0 N–H and O–H groups in total. The molecule has 1 aliphatic carbocycles. The maximum absolute atomic E-state index is 11.5. The Hall–Kier alpha value is -2.67. The lowest BCUT2D eigenvalue weighted by Crippen LogP contribution is -2.13. The van der Waals surface area contributed by atoms with Crippen molar-refractivity contribution in [3.05, 3.63) is 41.4 Å². The quantitative estimate of drug-likeness (QED) is 0.442. The minimum absolute atomic E-state index is 0.299. The van der Waals surface area contributed by atoms with E-state index in [9.17, 15) is 4.79 Å². The van der Waals surface area contributed by atoms with Crippen molar-refractivity contribution >= 4 is 11.9 Å². The minimum atomic E-state index is 0.299. The monoisotopic (exact) mass is 399 g/mol. The van der Waals surface area contributed by atoms with Gasteiger partial charge in [0.05, 0.1) is 24.1 Å². The molecule has 0 aromatic carbocycles. The predicted octanol–water partition coefficient (Wildman–Crippen LogP) is 4.10. The molecule has 2 aromatic rings. The van der Waals surface area contributed by atoms with Crippen LogP contribution in [-0.4, -0.2) is 48.0 Å². The summed E-state index contributed by atoms with van der Waals surface area (Å²) in [5, 5.41) is 4.47. The van der Waals surface area contributed by atoms with Crippen LogP contribution in [0.25, 0.3) is 5.57 Å². The molecule has 2 heterocycles. The summed E-state index contributed by atoms with van der Waals surface area (Å²) < 4.78 is 18.5. The number of aldehydes is 1. The second-order valence-electron chi connectivity index (χ2n) is 7.35. The average Bonchev–Trinajstić information content (AvgIpc) is 3.23. The molecule has 29 heavy (non-hydrogen) atoms. The fourth-order valence-electron chi connectivity index (χ4n) is 3.53. The van der Waals surface area contributed by atoms with Gasteiger partial charge < -0.3 is 14.2 Å². The number of nitrogens with zero attached hydrogens (tertiary/aromatic N) is 3. The standard InChI is InChI=1S/C22H29N3O4/c1-16(2)25-20(8-9-24-25)19-7-5-4-6-17(19)15-29-21-13-23-22(12-18(21)14-26)28-11-10-27-3/h8-9,12-14,16H,4-7,10-11,15H2,1-3H3. The minimum Gasteiger partial charge on any atom is -0.487 e. The number of carbonyl (C=O) groups excluding carboxylic acids is 1. The first-order valence-electron chi connectivity index (χ1n) is 10.1. The van der Waals surface area contributed by atoms with E-state index >= 15 is 0 Å². The van der Waals surface area contributed by atoms with Crippen molar-refractivity contribution in [2.75, 3.05) is 26.9 Å². The van der Waals surface area contributed by atoms with Crippen molar-refractivity contribution in [3.63, 3.8) is 0 Å². The first kappa shape index (κ1) is 21.0. The van der Waals surface area contributed by atoms with E-state index in [2.05, 4.69) is 34.7 Å². The zero-order chi connectivity index (χ0) is 20.6. The fourth-order valence-corrected chi connectivity index (χ4v) is 3.53. The summed E-state index contributed by atoms with van der Waals surface area (Å²) in [6.45, 7) is 5.54. The van der Waals surface area contributed by atoms with Crippen LogP contribution in [0.5, 0.6) is 11.6 Å². The highest BCUT2D eigenvalue weighted by atomic mass is 16.5. The van der Waals surface area contributed by atoms with Crippen LogP contribution in [0.1, 0.15) is 61.6 Å². The zero-order valence-corrected chi connectivity index (χ0v) is 17.4. The zero-order valence-electron chi connectivity index (χ0n) is 17.4. The van der Waals surface area contributed by atoms with Crippen molar-refractivity contribution in [1.82, 2.24) is 14.8 Å². The van der Waals surface area contributed by atoms with Gasteiger partial charge in [-0.2, -0.15) is 5.10 Å². The van der Waals surface area contributed by atoms with E-state index in [0.29, 0.717) is 43.1 Å². The van der Waals surface area contributed by atoms with Gasteiger partial charge >= 0.3 is 0 Å². The maximum Gasteiger partial charge on any atom is 0.214 e. The molecule has 0 aliphatic heterocycles. The molecule has 0 unspecified atom stereocenters. The van der Waals surface area contributed by atoms with E-state index in [-0.39, 0.29) is 0 Å². The Bertz CT molecular complexity index is 857. The predicted molar refractivity (Wildman–Crippen MR) is 110 cm³/mol. The number of aromatic nitrogens is 3. The molecule has 156 valence electrons. The van der Waals surface area contributed by atoms with E-state index in [1.165, 1.54) is 11.1 Å². The molecule has 1 aliphatic rings. The van der Waals surface area contributed by atoms with Gasteiger partial charge in [0.1, 0.15) is 19.0 Å². The number of hydrogen-bond acceptors (Lipinski definition) is 6. The molecule has 0 saturated heterocycles. The second-order valence-corrected chi connectivity index (χ2v) is 7.35. The smallest absolute Gasteiger partial charge is 0.214 e. The Balaban J connectivity index is 1.77. The van der Waals surface area contributed by atoms with Crippen molar-refractivity contribution in [2.24, 2.45) is 0 Å². The Morgan fingerprint density at radius 3 is 2.79 bits per heavy atom. The molecule has 2 aromatic heterocycles. The van der Waals surface area contributed by atoms with Crippen molar-refractivity contribution in [1.29, 1.82) is 0 Å². The van der Waals surface area contributed by atoms with E-state index < -0.39 is 0 Å². The number of hydrogen-bond donors (Lipinski definition) is 0. The van der Waals surface area contributed by atoms with E-state index in [1.54, 1.807) is 19.4 Å². The number of rotatable bonds is 10. The molecule has 7 nitrogen and oxygen atoms in total. The summed E-state index contributed by atoms with van der Waals surface area (Å²) in [4.78, 5) is 15.8. The van der Waals surface area contributed by atoms with Crippen LogP contribution >= 0.6 is 0 Å². The van der Waals surface area contributed by atoms with Crippen molar-refractivity contribution < 1.29 is 19.0 Å². The number of ether oxygens (including phenoxy) is 3. The van der Waals surface area contributed by atoms with E-state index in [4.69, 9.17) is 14.2 Å². The third-order valence-electron chi connectivity index (χ3n) is 4.99. The molecule has 0 saturated carbocycles. The van der Waals surface area contributed by atoms with Gasteiger partial charge in [0, 0.05) is 25.4 Å². The molecule has 3 rings (SSSR count). The van der Waals surface area contributed by atoms with Gasteiger partial charge in [0.15, 0.2) is 6.29 Å². The Morgan fingerprint density at radius 2 is 2.03 bits per heavy atom. The molecular weight excluding hydrogens is 370 g/mol. The summed E-state index contributed by atoms with van der Waals surface area (Å²) in [5.41, 5.74) is 4.16. The third kappa shape index (κ3) is 5.23. The van der Waals surface area contributed by atoms with Gasteiger partial charge in [-0.1, -0.05) is 0 Å². The number of pyridine rings is 1. The molecule has 0 bridgehead atoms. The van der Waals surface area contributed by atoms with Crippen LogP contribution in [0.15, 0.2) is 30.1 Å². The lowest BCUT2D eigenvalue weighted by Gasteiger charge is -2.23. The lowest BCUT2D eigenvalue weighted by atomic mass is 9.90. The van der Waals surface area contributed by atoms with Crippen molar-refractivity contribution in [3.8, 4) is 11.6 Å². The fraction of sp³-hybridized carbons (Fsp3) is 0.500.